The van der Waals surface area contributed by atoms with Gasteiger partial charge in [-0.05, 0) is 12.1 Å². The highest BCUT2D eigenvalue weighted by atomic mass is 32.1. The van der Waals surface area contributed by atoms with Crippen molar-refractivity contribution in [2.75, 3.05) is 0 Å². The molecule has 13 heavy (non-hydrogen) atoms. The van der Waals surface area contributed by atoms with Crippen LogP contribution < -0.4 is 0 Å². The molecule has 0 aliphatic carbocycles. The van der Waals surface area contributed by atoms with Gasteiger partial charge >= 0.3 is 0 Å². The standard InChI is InChI=1S/C8H6FN3S/c9-6-4-2-1-3-5(6)7-10-8(13)12-11-7/h1-4H,(H2,10,11,12,13). The second kappa shape index (κ2) is 3.18. The molecule has 0 bridgehead atoms. The lowest BCUT2D eigenvalue weighted by Crippen LogP contribution is -1.85. The zero-order chi connectivity index (χ0) is 9.26. The zero-order valence-corrected chi connectivity index (χ0v) is 7.42. The summed E-state index contributed by atoms with van der Waals surface area (Å²) >= 11 is 3.94. The molecular weight excluding hydrogens is 189 g/mol. The van der Waals surface area contributed by atoms with E-state index >= 15 is 0 Å². The molecule has 1 heterocycles. The van der Waals surface area contributed by atoms with Gasteiger partial charge < -0.3 is 4.98 Å². The van der Waals surface area contributed by atoms with E-state index in [-0.39, 0.29) is 5.82 Å². The third kappa shape index (κ3) is 1.55. The lowest BCUT2D eigenvalue weighted by atomic mass is 10.2. The Labute approximate surface area is 79.4 Å². The van der Waals surface area contributed by atoms with Crippen LogP contribution in [0.25, 0.3) is 11.4 Å². The van der Waals surface area contributed by atoms with Gasteiger partial charge in [0.05, 0.1) is 5.56 Å². The maximum absolute atomic E-state index is 13.2. The van der Waals surface area contributed by atoms with Crippen LogP contribution in [0.4, 0.5) is 4.39 Å². The molecule has 3 nitrogen and oxygen atoms in total. The molecule has 2 aromatic rings. The van der Waals surface area contributed by atoms with Gasteiger partial charge in [0.15, 0.2) is 11.0 Å². The molecule has 0 aliphatic rings. The summed E-state index contributed by atoms with van der Waals surface area (Å²) in [5.74, 6) is 0.0649. The first-order valence-electron chi connectivity index (χ1n) is 3.64. The van der Waals surface area contributed by atoms with E-state index in [1.807, 2.05) is 0 Å². The van der Waals surface area contributed by atoms with E-state index in [1.54, 1.807) is 18.2 Å². The van der Waals surface area contributed by atoms with E-state index in [1.165, 1.54) is 6.07 Å². The van der Waals surface area contributed by atoms with Crippen LogP contribution in [0, 0.1) is 5.82 Å². The fraction of sp³-hybridized carbons (Fsp3) is 0. The number of thiol groups is 1. The second-order valence-corrected chi connectivity index (χ2v) is 2.90. The first-order chi connectivity index (χ1) is 6.27. The third-order valence-corrected chi connectivity index (χ3v) is 1.81. The topological polar surface area (TPSA) is 41.6 Å². The van der Waals surface area contributed by atoms with Crippen LogP contribution in [0.5, 0.6) is 0 Å². The monoisotopic (exact) mass is 195 g/mol. The van der Waals surface area contributed by atoms with Gasteiger partial charge in [-0.1, -0.05) is 12.1 Å². The molecule has 0 fully saturated rings. The minimum absolute atomic E-state index is 0.327. The first-order valence-corrected chi connectivity index (χ1v) is 4.08. The van der Waals surface area contributed by atoms with E-state index in [4.69, 9.17) is 0 Å². The van der Waals surface area contributed by atoms with E-state index in [0.29, 0.717) is 16.5 Å². The number of nitrogens with zero attached hydrogens (tertiary/aromatic N) is 2. The van der Waals surface area contributed by atoms with Crippen LogP contribution in [0.3, 0.4) is 0 Å². The highest BCUT2D eigenvalue weighted by Gasteiger charge is 2.07. The Morgan fingerprint density at radius 1 is 1.23 bits per heavy atom. The minimum Gasteiger partial charge on any atom is -0.316 e. The quantitative estimate of drug-likeness (QED) is 0.682. The van der Waals surface area contributed by atoms with Crippen LogP contribution in [0.1, 0.15) is 0 Å². The van der Waals surface area contributed by atoms with Gasteiger partial charge in [-0.25, -0.2) is 4.39 Å². The van der Waals surface area contributed by atoms with Crippen molar-refractivity contribution in [3.05, 3.63) is 30.1 Å². The van der Waals surface area contributed by atoms with Crippen LogP contribution in [0.15, 0.2) is 29.4 Å². The molecule has 66 valence electrons. The van der Waals surface area contributed by atoms with Gasteiger partial charge in [-0.15, -0.1) is 22.8 Å². The molecule has 1 aromatic heterocycles. The molecule has 0 saturated carbocycles. The highest BCUT2D eigenvalue weighted by Crippen LogP contribution is 2.18. The summed E-state index contributed by atoms with van der Waals surface area (Å²) in [7, 11) is 0. The average Bonchev–Trinajstić information content (AvgIpc) is 2.53. The van der Waals surface area contributed by atoms with Gasteiger partial charge in [0.25, 0.3) is 0 Å². The number of rotatable bonds is 1. The molecule has 0 unspecified atom stereocenters. The number of nitrogens with one attached hydrogen (secondary N) is 1. The van der Waals surface area contributed by atoms with Crippen molar-refractivity contribution in [1.82, 2.24) is 15.2 Å². The van der Waals surface area contributed by atoms with Crippen LogP contribution >= 0.6 is 12.6 Å². The molecule has 1 N–H and O–H groups in total. The molecule has 0 radical (unpaired) electrons. The lowest BCUT2D eigenvalue weighted by molar-refractivity contribution is 0.630. The number of hydrogen-bond acceptors (Lipinski definition) is 3. The molecular formula is C8H6FN3S. The number of halogens is 1. The largest absolute Gasteiger partial charge is 0.316 e. The first kappa shape index (κ1) is 8.25. The number of benzene rings is 1. The Morgan fingerprint density at radius 2 is 2.00 bits per heavy atom. The van der Waals surface area contributed by atoms with Crippen molar-refractivity contribution in [2.45, 2.75) is 5.16 Å². The van der Waals surface area contributed by atoms with Crippen molar-refractivity contribution in [1.29, 1.82) is 0 Å². The third-order valence-electron chi connectivity index (χ3n) is 1.60. The Hall–Kier alpha value is -1.36. The average molecular weight is 195 g/mol. The van der Waals surface area contributed by atoms with Gasteiger partial charge in [-0.3, -0.25) is 0 Å². The van der Waals surface area contributed by atoms with Crippen molar-refractivity contribution in [3.8, 4) is 11.4 Å². The number of aromatic nitrogens is 3. The van der Waals surface area contributed by atoms with Crippen LogP contribution in [-0.4, -0.2) is 15.2 Å². The molecule has 5 heteroatoms. The summed E-state index contributed by atoms with van der Waals surface area (Å²) in [6, 6.07) is 6.36. The van der Waals surface area contributed by atoms with Crippen molar-refractivity contribution in [3.63, 3.8) is 0 Å². The fourth-order valence-electron chi connectivity index (χ4n) is 1.03. The van der Waals surface area contributed by atoms with Crippen LogP contribution in [-0.2, 0) is 0 Å². The molecule has 0 saturated heterocycles. The molecule has 0 spiro atoms. The Balaban J connectivity index is 2.52. The molecule has 0 aliphatic heterocycles. The summed E-state index contributed by atoms with van der Waals surface area (Å²) in [6.07, 6.45) is 0. The summed E-state index contributed by atoms with van der Waals surface area (Å²) in [5.41, 5.74) is 0.398. The Morgan fingerprint density at radius 3 is 2.62 bits per heavy atom. The smallest absolute Gasteiger partial charge is 0.185 e. The van der Waals surface area contributed by atoms with E-state index in [0.717, 1.165) is 0 Å². The van der Waals surface area contributed by atoms with E-state index < -0.39 is 0 Å². The fourth-order valence-corrected chi connectivity index (χ4v) is 1.18. The predicted molar refractivity (Wildman–Crippen MR) is 49.0 cm³/mol. The maximum Gasteiger partial charge on any atom is 0.185 e. The van der Waals surface area contributed by atoms with E-state index in [9.17, 15) is 4.39 Å². The number of hydrogen-bond donors (Lipinski definition) is 2. The molecule has 0 atom stereocenters. The predicted octanol–water partition coefficient (Wildman–Crippen LogP) is 1.90. The molecule has 0 amide bonds. The van der Waals surface area contributed by atoms with Crippen molar-refractivity contribution >= 4 is 12.6 Å². The number of H-pyrrole nitrogens is 1. The van der Waals surface area contributed by atoms with Gasteiger partial charge in [0.2, 0.25) is 0 Å². The Bertz CT molecular complexity index is 427. The van der Waals surface area contributed by atoms with Gasteiger partial charge in [0, 0.05) is 0 Å². The molecule has 2 rings (SSSR count). The zero-order valence-electron chi connectivity index (χ0n) is 6.53. The van der Waals surface area contributed by atoms with Gasteiger partial charge in [0.1, 0.15) is 5.82 Å². The maximum atomic E-state index is 13.2. The Kier molecular flexibility index (Phi) is 2.02. The van der Waals surface area contributed by atoms with Crippen molar-refractivity contribution < 1.29 is 4.39 Å². The normalized spacial score (nSPS) is 10.3. The van der Waals surface area contributed by atoms with Crippen molar-refractivity contribution in [2.24, 2.45) is 0 Å². The molecule has 1 aromatic carbocycles. The van der Waals surface area contributed by atoms with E-state index in [2.05, 4.69) is 27.8 Å². The summed E-state index contributed by atoms with van der Waals surface area (Å²) in [5, 5.41) is 7.72. The summed E-state index contributed by atoms with van der Waals surface area (Å²) in [6.45, 7) is 0. The van der Waals surface area contributed by atoms with Crippen LogP contribution in [0.2, 0.25) is 0 Å². The second-order valence-electron chi connectivity index (χ2n) is 2.48. The highest BCUT2D eigenvalue weighted by molar-refractivity contribution is 7.80. The summed E-state index contributed by atoms with van der Waals surface area (Å²) in [4.78, 5) is 2.74. The van der Waals surface area contributed by atoms with Gasteiger partial charge in [-0.2, -0.15) is 0 Å². The lowest BCUT2D eigenvalue weighted by Gasteiger charge is -1.95. The number of aromatic amines is 1. The minimum atomic E-state index is -0.327. The SMILES string of the molecule is Fc1ccccc1-c1nnc(S)[nH]1. The summed E-state index contributed by atoms with van der Waals surface area (Å²) < 4.78 is 13.2.